The van der Waals surface area contributed by atoms with E-state index in [0.717, 1.165) is 16.8 Å². The van der Waals surface area contributed by atoms with Crippen LogP contribution in [-0.2, 0) is 6.61 Å². The summed E-state index contributed by atoms with van der Waals surface area (Å²) in [4.78, 5) is 17.3. The van der Waals surface area contributed by atoms with Crippen molar-refractivity contribution in [1.29, 1.82) is 0 Å². The molecule has 1 amide bonds. The zero-order chi connectivity index (χ0) is 22.5. The van der Waals surface area contributed by atoms with E-state index in [9.17, 15) is 4.79 Å². The number of rotatable bonds is 7. The number of aryl methyl sites for hydroxylation is 1. The highest BCUT2D eigenvalue weighted by atomic mass is 35.5. The zero-order valence-electron chi connectivity index (χ0n) is 17.3. The number of amides is 1. The number of carbonyl (C=O) groups is 1. The fraction of sp³-hybridized carbons (Fsp3) is 0.130. The number of nitrogens with one attached hydrogen (secondary N) is 1. The minimum Gasteiger partial charge on any atom is -0.496 e. The van der Waals surface area contributed by atoms with Crippen LogP contribution in [0.3, 0.4) is 0 Å². The Hall–Kier alpha value is -3.49. The van der Waals surface area contributed by atoms with Crippen molar-refractivity contribution in [3.05, 3.63) is 82.1 Å². The molecule has 0 aliphatic carbocycles. The van der Waals surface area contributed by atoms with Crippen LogP contribution in [0.25, 0.3) is 11.1 Å². The minimum atomic E-state index is -0.340. The molecule has 2 aromatic heterocycles. The number of methoxy groups -OCH3 is 1. The van der Waals surface area contributed by atoms with Gasteiger partial charge >= 0.3 is 0 Å². The van der Waals surface area contributed by atoms with Gasteiger partial charge < -0.3 is 9.47 Å². The monoisotopic (exact) mass is 466 g/mol. The molecule has 4 aromatic rings. The van der Waals surface area contributed by atoms with Crippen molar-refractivity contribution in [1.82, 2.24) is 15.2 Å². The van der Waals surface area contributed by atoms with Gasteiger partial charge in [-0.15, -0.1) is 10.2 Å². The van der Waals surface area contributed by atoms with Crippen LogP contribution in [0, 0.1) is 6.92 Å². The van der Waals surface area contributed by atoms with E-state index >= 15 is 0 Å². The second-order valence-corrected chi connectivity index (χ2v) is 8.21. The molecule has 0 saturated heterocycles. The number of ether oxygens (including phenoxy) is 2. The standard InChI is InChI=1S/C23H19ClN4O3S/c1-14-11-16(15-7-3-5-9-19(15)30-2)17(12-25-14)22(29)26-23-28-27-21(32-23)13-31-20-10-6-4-8-18(20)24/h3-12H,13H2,1-2H3,(H,26,28,29). The molecule has 0 atom stereocenters. The third kappa shape index (κ3) is 4.87. The predicted molar refractivity (Wildman–Crippen MR) is 125 cm³/mol. The van der Waals surface area contributed by atoms with E-state index in [-0.39, 0.29) is 12.5 Å². The average molecular weight is 467 g/mol. The predicted octanol–water partition coefficient (Wildman–Crippen LogP) is 5.40. The van der Waals surface area contributed by atoms with Crippen LogP contribution in [0.1, 0.15) is 21.1 Å². The maximum Gasteiger partial charge on any atom is 0.259 e. The topological polar surface area (TPSA) is 86.2 Å². The van der Waals surface area contributed by atoms with Crippen molar-refractivity contribution in [3.63, 3.8) is 0 Å². The largest absolute Gasteiger partial charge is 0.496 e. The first-order chi connectivity index (χ1) is 15.5. The lowest BCUT2D eigenvalue weighted by Crippen LogP contribution is -2.14. The number of hydrogen-bond donors (Lipinski definition) is 1. The van der Waals surface area contributed by atoms with Gasteiger partial charge in [-0.25, -0.2) is 0 Å². The van der Waals surface area contributed by atoms with Gasteiger partial charge in [0.05, 0.1) is 17.7 Å². The second kappa shape index (κ2) is 9.76. The molecule has 9 heteroatoms. The van der Waals surface area contributed by atoms with Crippen molar-refractivity contribution in [3.8, 4) is 22.6 Å². The molecule has 0 radical (unpaired) electrons. The van der Waals surface area contributed by atoms with Crippen LogP contribution in [0.5, 0.6) is 11.5 Å². The lowest BCUT2D eigenvalue weighted by atomic mass is 9.99. The quantitative estimate of drug-likeness (QED) is 0.392. The fourth-order valence-electron chi connectivity index (χ4n) is 3.06. The Kier molecular flexibility index (Phi) is 6.63. The summed E-state index contributed by atoms with van der Waals surface area (Å²) < 4.78 is 11.2. The molecule has 0 aliphatic heterocycles. The Balaban J connectivity index is 1.52. The number of benzene rings is 2. The van der Waals surface area contributed by atoms with Crippen LogP contribution in [0.15, 0.2) is 60.8 Å². The highest BCUT2D eigenvalue weighted by molar-refractivity contribution is 7.15. The molecule has 0 spiro atoms. The number of hydrogen-bond acceptors (Lipinski definition) is 7. The molecule has 2 heterocycles. The molecular weight excluding hydrogens is 448 g/mol. The van der Waals surface area contributed by atoms with Crippen molar-refractivity contribution < 1.29 is 14.3 Å². The van der Waals surface area contributed by atoms with Crippen molar-refractivity contribution in [2.75, 3.05) is 12.4 Å². The van der Waals surface area contributed by atoms with E-state index in [1.807, 2.05) is 49.4 Å². The van der Waals surface area contributed by atoms with Gasteiger partial charge in [-0.05, 0) is 31.2 Å². The lowest BCUT2D eigenvalue weighted by Gasteiger charge is -2.13. The summed E-state index contributed by atoms with van der Waals surface area (Å²) in [7, 11) is 1.60. The number of anilines is 1. The van der Waals surface area contributed by atoms with Crippen LogP contribution >= 0.6 is 22.9 Å². The molecule has 0 bridgehead atoms. The van der Waals surface area contributed by atoms with Gasteiger partial charge in [0.25, 0.3) is 5.91 Å². The van der Waals surface area contributed by atoms with Gasteiger partial charge in [0.2, 0.25) is 5.13 Å². The van der Waals surface area contributed by atoms with Crippen LogP contribution < -0.4 is 14.8 Å². The highest BCUT2D eigenvalue weighted by Crippen LogP contribution is 2.33. The summed E-state index contributed by atoms with van der Waals surface area (Å²) in [5.41, 5.74) is 2.72. The first-order valence-electron chi connectivity index (χ1n) is 9.66. The number of para-hydroxylation sites is 2. The van der Waals surface area contributed by atoms with Gasteiger partial charge in [0, 0.05) is 23.0 Å². The molecule has 0 aliphatic rings. The Morgan fingerprint density at radius 2 is 1.81 bits per heavy atom. The van der Waals surface area contributed by atoms with Gasteiger partial charge in [0.15, 0.2) is 5.01 Å². The van der Waals surface area contributed by atoms with Gasteiger partial charge in [-0.1, -0.05) is 53.3 Å². The van der Waals surface area contributed by atoms with Crippen molar-refractivity contribution >= 4 is 34.0 Å². The molecule has 0 saturated carbocycles. The summed E-state index contributed by atoms with van der Waals surface area (Å²) in [6.07, 6.45) is 1.55. The normalized spacial score (nSPS) is 10.6. The summed E-state index contributed by atoms with van der Waals surface area (Å²) in [5, 5.41) is 12.4. The highest BCUT2D eigenvalue weighted by Gasteiger charge is 2.18. The Bertz CT molecular complexity index is 1260. The molecule has 1 N–H and O–H groups in total. The average Bonchev–Trinajstić information content (AvgIpc) is 3.25. The maximum absolute atomic E-state index is 13.1. The number of pyridine rings is 1. The van der Waals surface area contributed by atoms with E-state index in [0.29, 0.717) is 32.2 Å². The summed E-state index contributed by atoms with van der Waals surface area (Å²) in [5.74, 6) is 0.886. The first-order valence-corrected chi connectivity index (χ1v) is 10.9. The third-order valence-corrected chi connectivity index (χ3v) is 5.68. The molecular formula is C23H19ClN4O3S. The second-order valence-electron chi connectivity index (χ2n) is 6.75. The Labute approximate surface area is 194 Å². The van der Waals surface area contributed by atoms with E-state index in [1.54, 1.807) is 25.4 Å². The van der Waals surface area contributed by atoms with Gasteiger partial charge in [0.1, 0.15) is 18.1 Å². The maximum atomic E-state index is 13.1. The number of aromatic nitrogens is 3. The lowest BCUT2D eigenvalue weighted by molar-refractivity contribution is 0.102. The van der Waals surface area contributed by atoms with Crippen LogP contribution in [0.4, 0.5) is 5.13 Å². The first kappa shape index (κ1) is 21.7. The molecule has 0 fully saturated rings. The Morgan fingerprint density at radius 3 is 2.59 bits per heavy atom. The van der Waals surface area contributed by atoms with E-state index in [2.05, 4.69) is 20.5 Å². The van der Waals surface area contributed by atoms with Crippen molar-refractivity contribution in [2.45, 2.75) is 13.5 Å². The zero-order valence-corrected chi connectivity index (χ0v) is 18.9. The third-order valence-electron chi connectivity index (χ3n) is 4.56. The molecule has 0 unspecified atom stereocenters. The summed E-state index contributed by atoms with van der Waals surface area (Å²) in [6.45, 7) is 2.06. The van der Waals surface area contributed by atoms with Crippen LogP contribution in [-0.4, -0.2) is 28.2 Å². The Morgan fingerprint density at radius 1 is 1.06 bits per heavy atom. The van der Waals surface area contributed by atoms with E-state index in [4.69, 9.17) is 21.1 Å². The van der Waals surface area contributed by atoms with Gasteiger partial charge in [-0.3, -0.25) is 15.1 Å². The SMILES string of the molecule is COc1ccccc1-c1cc(C)ncc1C(=O)Nc1nnc(COc2ccccc2Cl)s1. The number of carbonyl (C=O) groups excluding carboxylic acids is 1. The van der Waals surface area contributed by atoms with E-state index in [1.165, 1.54) is 11.3 Å². The summed E-state index contributed by atoms with van der Waals surface area (Å²) >= 11 is 7.33. The number of nitrogens with zero attached hydrogens (tertiary/aromatic N) is 3. The molecule has 162 valence electrons. The number of halogens is 1. The van der Waals surface area contributed by atoms with Crippen LogP contribution in [0.2, 0.25) is 5.02 Å². The van der Waals surface area contributed by atoms with E-state index < -0.39 is 0 Å². The van der Waals surface area contributed by atoms with Crippen molar-refractivity contribution in [2.24, 2.45) is 0 Å². The summed E-state index contributed by atoms with van der Waals surface area (Å²) in [6, 6.07) is 16.6. The molecule has 4 rings (SSSR count). The van der Waals surface area contributed by atoms with Gasteiger partial charge in [-0.2, -0.15) is 0 Å². The minimum absolute atomic E-state index is 0.190. The fourth-order valence-corrected chi connectivity index (χ4v) is 3.90. The molecule has 7 nitrogen and oxygen atoms in total. The molecule has 32 heavy (non-hydrogen) atoms. The smallest absolute Gasteiger partial charge is 0.259 e. The molecule has 2 aromatic carbocycles.